The molecular formula is C14H15N3O2. The molecule has 19 heavy (non-hydrogen) atoms. The first-order valence-electron chi connectivity index (χ1n) is 6.04. The molecule has 0 spiro atoms. The zero-order valence-electron chi connectivity index (χ0n) is 10.8. The number of nitro groups is 1. The van der Waals surface area contributed by atoms with Gasteiger partial charge in [0.1, 0.15) is 0 Å². The first-order valence-corrected chi connectivity index (χ1v) is 6.04. The predicted molar refractivity (Wildman–Crippen MR) is 74.7 cm³/mol. The van der Waals surface area contributed by atoms with E-state index in [1.54, 1.807) is 6.07 Å². The standard InChI is InChI=1S/C14H15N3O2/c1-10(2)11-5-7-12(8-6-11)16-14-13(17(18)19)4-3-9-15-14/h3-10H,1-2H3,(H,15,16). The van der Waals surface area contributed by atoms with Crippen LogP contribution in [-0.4, -0.2) is 9.91 Å². The van der Waals surface area contributed by atoms with E-state index in [1.807, 2.05) is 24.3 Å². The quantitative estimate of drug-likeness (QED) is 0.667. The van der Waals surface area contributed by atoms with Crippen LogP contribution in [0.2, 0.25) is 0 Å². The number of benzene rings is 1. The maximum absolute atomic E-state index is 10.9. The van der Waals surface area contributed by atoms with Crippen molar-refractivity contribution in [3.05, 3.63) is 58.3 Å². The van der Waals surface area contributed by atoms with E-state index in [4.69, 9.17) is 0 Å². The highest BCUT2D eigenvalue weighted by molar-refractivity contribution is 5.65. The second-order valence-corrected chi connectivity index (χ2v) is 4.53. The molecule has 5 nitrogen and oxygen atoms in total. The second-order valence-electron chi connectivity index (χ2n) is 4.53. The van der Waals surface area contributed by atoms with Crippen molar-refractivity contribution in [1.82, 2.24) is 4.98 Å². The first kappa shape index (κ1) is 13.0. The summed E-state index contributed by atoms with van der Waals surface area (Å²) in [7, 11) is 0. The minimum Gasteiger partial charge on any atom is -0.334 e. The lowest BCUT2D eigenvalue weighted by Gasteiger charge is -2.08. The molecule has 98 valence electrons. The minimum absolute atomic E-state index is 0.0320. The Balaban J connectivity index is 2.24. The molecular weight excluding hydrogens is 242 g/mol. The molecule has 5 heteroatoms. The van der Waals surface area contributed by atoms with Crippen LogP contribution in [-0.2, 0) is 0 Å². The van der Waals surface area contributed by atoms with E-state index in [1.165, 1.54) is 17.8 Å². The molecule has 1 aromatic heterocycles. The third kappa shape index (κ3) is 3.07. The summed E-state index contributed by atoms with van der Waals surface area (Å²) in [4.78, 5) is 14.4. The minimum atomic E-state index is -0.447. The fraction of sp³-hybridized carbons (Fsp3) is 0.214. The number of hydrogen-bond acceptors (Lipinski definition) is 4. The van der Waals surface area contributed by atoms with Crippen LogP contribution in [0.3, 0.4) is 0 Å². The highest BCUT2D eigenvalue weighted by Gasteiger charge is 2.13. The van der Waals surface area contributed by atoms with Crippen LogP contribution < -0.4 is 5.32 Å². The van der Waals surface area contributed by atoms with Crippen LogP contribution in [0, 0.1) is 10.1 Å². The van der Waals surface area contributed by atoms with Crippen molar-refractivity contribution < 1.29 is 4.92 Å². The molecule has 1 aromatic carbocycles. The number of nitrogens with zero attached hydrogens (tertiary/aromatic N) is 2. The molecule has 0 bridgehead atoms. The van der Waals surface area contributed by atoms with Gasteiger partial charge < -0.3 is 5.32 Å². The average Bonchev–Trinajstić information content (AvgIpc) is 2.39. The topological polar surface area (TPSA) is 68.1 Å². The molecule has 0 amide bonds. The van der Waals surface area contributed by atoms with Crippen LogP contribution in [0.1, 0.15) is 25.3 Å². The van der Waals surface area contributed by atoms with E-state index in [9.17, 15) is 10.1 Å². The van der Waals surface area contributed by atoms with Gasteiger partial charge in [0, 0.05) is 18.0 Å². The Morgan fingerprint density at radius 1 is 1.21 bits per heavy atom. The van der Waals surface area contributed by atoms with Gasteiger partial charge >= 0.3 is 5.69 Å². The van der Waals surface area contributed by atoms with Crippen LogP contribution in [0.5, 0.6) is 0 Å². The molecule has 0 saturated carbocycles. The van der Waals surface area contributed by atoms with Crippen molar-refractivity contribution in [1.29, 1.82) is 0 Å². The molecule has 0 radical (unpaired) electrons. The lowest BCUT2D eigenvalue weighted by atomic mass is 10.0. The lowest BCUT2D eigenvalue weighted by molar-refractivity contribution is -0.384. The second kappa shape index (κ2) is 5.48. The normalized spacial score (nSPS) is 10.5. The van der Waals surface area contributed by atoms with Crippen LogP contribution >= 0.6 is 0 Å². The number of aromatic nitrogens is 1. The van der Waals surface area contributed by atoms with Crippen LogP contribution in [0.25, 0.3) is 0 Å². The van der Waals surface area contributed by atoms with Crippen molar-refractivity contribution in [2.75, 3.05) is 5.32 Å². The third-order valence-corrected chi connectivity index (χ3v) is 2.82. The van der Waals surface area contributed by atoms with E-state index in [0.717, 1.165) is 5.69 Å². The van der Waals surface area contributed by atoms with Gasteiger partial charge in [0.05, 0.1) is 4.92 Å². The van der Waals surface area contributed by atoms with Crippen molar-refractivity contribution in [3.63, 3.8) is 0 Å². The van der Waals surface area contributed by atoms with Crippen molar-refractivity contribution in [3.8, 4) is 0 Å². The van der Waals surface area contributed by atoms with Crippen molar-refractivity contribution >= 4 is 17.2 Å². The number of anilines is 2. The lowest BCUT2D eigenvalue weighted by Crippen LogP contribution is -1.99. The monoisotopic (exact) mass is 257 g/mol. The number of pyridine rings is 1. The highest BCUT2D eigenvalue weighted by Crippen LogP contribution is 2.25. The molecule has 0 fully saturated rings. The highest BCUT2D eigenvalue weighted by atomic mass is 16.6. The number of hydrogen-bond donors (Lipinski definition) is 1. The largest absolute Gasteiger partial charge is 0.334 e. The third-order valence-electron chi connectivity index (χ3n) is 2.82. The average molecular weight is 257 g/mol. The molecule has 0 saturated heterocycles. The zero-order valence-corrected chi connectivity index (χ0v) is 10.8. The molecule has 1 heterocycles. The van der Waals surface area contributed by atoms with Crippen LogP contribution in [0.15, 0.2) is 42.6 Å². The summed E-state index contributed by atoms with van der Waals surface area (Å²) in [5, 5.41) is 13.8. The van der Waals surface area contributed by atoms with E-state index in [-0.39, 0.29) is 11.5 Å². The fourth-order valence-corrected chi connectivity index (χ4v) is 1.73. The number of nitrogens with one attached hydrogen (secondary N) is 1. The summed E-state index contributed by atoms with van der Waals surface area (Å²) >= 11 is 0. The maximum atomic E-state index is 10.9. The fourth-order valence-electron chi connectivity index (χ4n) is 1.73. The van der Waals surface area contributed by atoms with E-state index >= 15 is 0 Å². The predicted octanol–water partition coefficient (Wildman–Crippen LogP) is 3.86. The van der Waals surface area contributed by atoms with Crippen molar-refractivity contribution in [2.45, 2.75) is 19.8 Å². The van der Waals surface area contributed by atoms with Gasteiger partial charge in [0.15, 0.2) is 0 Å². The first-order chi connectivity index (χ1) is 9.08. The van der Waals surface area contributed by atoms with E-state index < -0.39 is 4.92 Å². The van der Waals surface area contributed by atoms with Crippen molar-refractivity contribution in [2.24, 2.45) is 0 Å². The number of rotatable bonds is 4. The van der Waals surface area contributed by atoms with Crippen LogP contribution in [0.4, 0.5) is 17.2 Å². The summed E-state index contributed by atoms with van der Waals surface area (Å²) in [5.74, 6) is 0.711. The summed E-state index contributed by atoms with van der Waals surface area (Å²) in [6.07, 6.45) is 1.53. The Labute approximate surface area is 111 Å². The van der Waals surface area contributed by atoms with Gasteiger partial charge in [-0.2, -0.15) is 0 Å². The van der Waals surface area contributed by atoms with Gasteiger partial charge in [0.25, 0.3) is 0 Å². The summed E-state index contributed by atoms with van der Waals surface area (Å²) < 4.78 is 0. The van der Waals surface area contributed by atoms with E-state index in [2.05, 4.69) is 24.1 Å². The molecule has 0 aliphatic carbocycles. The maximum Gasteiger partial charge on any atom is 0.311 e. The van der Waals surface area contributed by atoms with Gasteiger partial charge in [0.2, 0.25) is 5.82 Å². The summed E-state index contributed by atoms with van der Waals surface area (Å²) in [5.41, 5.74) is 1.97. The SMILES string of the molecule is CC(C)c1ccc(Nc2ncccc2[N+](=O)[O-])cc1. The molecule has 2 aromatic rings. The van der Waals surface area contributed by atoms with Gasteiger partial charge in [-0.25, -0.2) is 4.98 Å². The molecule has 0 aliphatic rings. The Morgan fingerprint density at radius 2 is 1.89 bits per heavy atom. The molecule has 0 unspecified atom stereocenters. The molecule has 0 aliphatic heterocycles. The molecule has 1 N–H and O–H groups in total. The van der Waals surface area contributed by atoms with Gasteiger partial charge in [-0.3, -0.25) is 10.1 Å². The van der Waals surface area contributed by atoms with Gasteiger partial charge in [-0.05, 0) is 29.7 Å². The Bertz CT molecular complexity index is 579. The summed E-state index contributed by atoms with van der Waals surface area (Å²) in [6.45, 7) is 4.23. The Hall–Kier alpha value is -2.43. The zero-order chi connectivity index (χ0) is 13.8. The van der Waals surface area contributed by atoms with Gasteiger partial charge in [-0.1, -0.05) is 26.0 Å². The smallest absolute Gasteiger partial charge is 0.311 e. The molecule has 0 atom stereocenters. The Morgan fingerprint density at radius 3 is 2.47 bits per heavy atom. The Kier molecular flexibility index (Phi) is 3.75. The van der Waals surface area contributed by atoms with Gasteiger partial charge in [-0.15, -0.1) is 0 Å². The van der Waals surface area contributed by atoms with E-state index in [0.29, 0.717) is 5.92 Å². The summed E-state index contributed by atoms with van der Waals surface area (Å²) in [6, 6.07) is 10.8. The molecule has 2 rings (SSSR count).